The summed E-state index contributed by atoms with van der Waals surface area (Å²) < 4.78 is 15.6. The van der Waals surface area contributed by atoms with Crippen LogP contribution in [0.4, 0.5) is 0 Å². The molecule has 0 saturated carbocycles. The van der Waals surface area contributed by atoms with Gasteiger partial charge in [0.2, 0.25) is 0 Å². The quantitative estimate of drug-likeness (QED) is 0.654. The van der Waals surface area contributed by atoms with Gasteiger partial charge in [-0.15, -0.1) is 0 Å². The lowest BCUT2D eigenvalue weighted by atomic mass is 10.1. The fourth-order valence-electron chi connectivity index (χ4n) is 2.14. The first-order valence-corrected chi connectivity index (χ1v) is 6.91. The molecule has 2 rings (SSSR count). The zero-order valence-electron chi connectivity index (χ0n) is 13.2. The fourth-order valence-corrected chi connectivity index (χ4v) is 2.14. The maximum atomic E-state index is 12.3. The molecule has 2 aromatic carbocycles. The Morgan fingerprint density at radius 3 is 2.48 bits per heavy atom. The average Bonchev–Trinajstić information content (AvgIpc) is 2.59. The molecule has 5 nitrogen and oxygen atoms in total. The van der Waals surface area contributed by atoms with Crippen molar-refractivity contribution in [3.63, 3.8) is 0 Å². The molecule has 0 aromatic heterocycles. The van der Waals surface area contributed by atoms with E-state index in [0.29, 0.717) is 22.8 Å². The molecule has 0 atom stereocenters. The van der Waals surface area contributed by atoms with E-state index >= 15 is 0 Å². The van der Waals surface area contributed by atoms with Crippen LogP contribution in [0.3, 0.4) is 0 Å². The minimum absolute atomic E-state index is 0.0990. The topological polar surface area (TPSA) is 65.0 Å². The minimum atomic E-state index is -0.341. The number of hydrogen-bond donors (Lipinski definition) is 1. The summed E-state index contributed by atoms with van der Waals surface area (Å²) >= 11 is 0. The highest BCUT2D eigenvalue weighted by molar-refractivity contribution is 6.09. The summed E-state index contributed by atoms with van der Waals surface area (Å²) in [6, 6.07) is 9.87. The molecule has 1 N–H and O–H groups in total. The van der Waals surface area contributed by atoms with Crippen LogP contribution < -0.4 is 14.2 Å². The molecule has 23 heavy (non-hydrogen) atoms. The number of aromatic hydroxyl groups is 1. The van der Waals surface area contributed by atoms with E-state index in [1.54, 1.807) is 37.5 Å². The van der Waals surface area contributed by atoms with Crippen LogP contribution >= 0.6 is 0 Å². The predicted octanol–water partition coefficient (Wildman–Crippen LogP) is 3.31. The summed E-state index contributed by atoms with van der Waals surface area (Å²) in [5, 5.41) is 9.83. The summed E-state index contributed by atoms with van der Waals surface area (Å²) in [6.07, 6.45) is 2.98. The van der Waals surface area contributed by atoms with Crippen molar-refractivity contribution in [2.75, 3.05) is 21.3 Å². The van der Waals surface area contributed by atoms with Crippen LogP contribution in [0.2, 0.25) is 0 Å². The van der Waals surface area contributed by atoms with E-state index in [2.05, 4.69) is 0 Å². The minimum Gasteiger partial charge on any atom is -0.507 e. The number of phenolic OH excluding ortho intramolecular Hbond substituents is 1. The van der Waals surface area contributed by atoms with Crippen molar-refractivity contribution in [3.8, 4) is 23.0 Å². The van der Waals surface area contributed by atoms with Gasteiger partial charge in [0.1, 0.15) is 11.5 Å². The van der Waals surface area contributed by atoms with Crippen LogP contribution in [-0.4, -0.2) is 32.2 Å². The van der Waals surface area contributed by atoms with Crippen LogP contribution in [0.5, 0.6) is 23.0 Å². The first-order chi connectivity index (χ1) is 11.1. The third kappa shape index (κ3) is 3.63. The number of ketones is 1. The normalized spacial score (nSPS) is 10.6. The number of benzene rings is 2. The smallest absolute Gasteiger partial charge is 0.189 e. The molecule has 0 spiro atoms. The van der Waals surface area contributed by atoms with Crippen molar-refractivity contribution in [3.05, 3.63) is 53.6 Å². The molecule has 0 aliphatic heterocycles. The summed E-state index contributed by atoms with van der Waals surface area (Å²) in [7, 11) is 4.58. The number of allylic oxidation sites excluding steroid dienone is 1. The second kappa shape index (κ2) is 7.35. The first kappa shape index (κ1) is 16.4. The highest BCUT2D eigenvalue weighted by Gasteiger charge is 2.11. The van der Waals surface area contributed by atoms with E-state index in [0.717, 1.165) is 0 Å². The predicted molar refractivity (Wildman–Crippen MR) is 87.6 cm³/mol. The molecule has 0 aliphatic carbocycles. The van der Waals surface area contributed by atoms with Gasteiger partial charge in [0.05, 0.1) is 26.9 Å². The van der Waals surface area contributed by atoms with Gasteiger partial charge >= 0.3 is 0 Å². The molecule has 0 radical (unpaired) electrons. The van der Waals surface area contributed by atoms with Gasteiger partial charge < -0.3 is 19.3 Å². The average molecular weight is 314 g/mol. The molecule has 120 valence electrons. The SMILES string of the molecule is COc1ccc(O)c(C(=O)C=Cc2cccc(OC)c2OC)c1. The van der Waals surface area contributed by atoms with Gasteiger partial charge in [-0.2, -0.15) is 0 Å². The Bertz CT molecular complexity index is 734. The number of carbonyl (C=O) groups excluding carboxylic acids is 1. The molecule has 5 heteroatoms. The second-order valence-electron chi connectivity index (χ2n) is 4.66. The van der Waals surface area contributed by atoms with E-state index in [9.17, 15) is 9.90 Å². The van der Waals surface area contributed by atoms with Gasteiger partial charge in [0.15, 0.2) is 17.3 Å². The highest BCUT2D eigenvalue weighted by atomic mass is 16.5. The molecule has 0 bridgehead atoms. The van der Waals surface area contributed by atoms with Gasteiger partial charge in [-0.05, 0) is 36.4 Å². The van der Waals surface area contributed by atoms with Crippen LogP contribution in [0, 0.1) is 0 Å². The van der Waals surface area contributed by atoms with Crippen molar-refractivity contribution >= 4 is 11.9 Å². The lowest BCUT2D eigenvalue weighted by molar-refractivity contribution is 0.104. The van der Waals surface area contributed by atoms with Crippen molar-refractivity contribution < 1.29 is 24.1 Å². The molecule has 0 unspecified atom stereocenters. The highest BCUT2D eigenvalue weighted by Crippen LogP contribution is 2.32. The van der Waals surface area contributed by atoms with E-state index in [1.807, 2.05) is 0 Å². The number of rotatable bonds is 6. The van der Waals surface area contributed by atoms with Gasteiger partial charge in [-0.1, -0.05) is 12.1 Å². The Balaban J connectivity index is 2.32. The maximum Gasteiger partial charge on any atom is 0.189 e. The van der Waals surface area contributed by atoms with Gasteiger partial charge in [0.25, 0.3) is 0 Å². The number of carbonyl (C=O) groups is 1. The van der Waals surface area contributed by atoms with Crippen LogP contribution in [0.25, 0.3) is 6.08 Å². The largest absolute Gasteiger partial charge is 0.507 e. The standard InChI is InChI=1S/C18H18O5/c1-21-13-8-10-16(20)14(11-13)15(19)9-7-12-5-4-6-17(22-2)18(12)23-3/h4-11,20H,1-3H3. The van der Waals surface area contributed by atoms with Crippen molar-refractivity contribution in [2.45, 2.75) is 0 Å². The van der Waals surface area contributed by atoms with Gasteiger partial charge in [-0.25, -0.2) is 0 Å². The monoisotopic (exact) mass is 314 g/mol. The fraction of sp³-hybridized carbons (Fsp3) is 0.167. The Kier molecular flexibility index (Phi) is 5.25. The number of para-hydroxylation sites is 1. The molecule has 0 amide bonds. The maximum absolute atomic E-state index is 12.3. The summed E-state index contributed by atoms with van der Waals surface area (Å²) in [6.45, 7) is 0. The lowest BCUT2D eigenvalue weighted by Crippen LogP contribution is -1.97. The van der Waals surface area contributed by atoms with Crippen LogP contribution in [-0.2, 0) is 0 Å². The Morgan fingerprint density at radius 2 is 1.83 bits per heavy atom. The van der Waals surface area contributed by atoms with Crippen LogP contribution in [0.15, 0.2) is 42.5 Å². The molecule has 0 fully saturated rings. The molecule has 2 aromatic rings. The Morgan fingerprint density at radius 1 is 1.04 bits per heavy atom. The summed E-state index contributed by atoms with van der Waals surface area (Å²) in [5.41, 5.74) is 0.866. The third-order valence-corrected chi connectivity index (χ3v) is 3.32. The van der Waals surface area contributed by atoms with Crippen LogP contribution in [0.1, 0.15) is 15.9 Å². The van der Waals surface area contributed by atoms with Gasteiger partial charge in [0, 0.05) is 5.56 Å². The van der Waals surface area contributed by atoms with Crippen molar-refractivity contribution in [1.29, 1.82) is 0 Å². The lowest BCUT2D eigenvalue weighted by Gasteiger charge is -2.09. The van der Waals surface area contributed by atoms with E-state index in [1.165, 1.54) is 32.4 Å². The molecular formula is C18H18O5. The van der Waals surface area contributed by atoms with Crippen molar-refractivity contribution in [1.82, 2.24) is 0 Å². The van der Waals surface area contributed by atoms with E-state index in [-0.39, 0.29) is 17.1 Å². The van der Waals surface area contributed by atoms with E-state index in [4.69, 9.17) is 14.2 Å². The zero-order valence-corrected chi connectivity index (χ0v) is 13.2. The third-order valence-electron chi connectivity index (χ3n) is 3.32. The molecule has 0 heterocycles. The molecule has 0 aliphatic rings. The molecule has 0 saturated heterocycles. The van der Waals surface area contributed by atoms with Crippen molar-refractivity contribution in [2.24, 2.45) is 0 Å². The Hall–Kier alpha value is -2.95. The number of phenols is 1. The first-order valence-electron chi connectivity index (χ1n) is 6.91. The van der Waals surface area contributed by atoms with Gasteiger partial charge in [-0.3, -0.25) is 4.79 Å². The number of hydrogen-bond acceptors (Lipinski definition) is 5. The second-order valence-corrected chi connectivity index (χ2v) is 4.66. The van der Waals surface area contributed by atoms with E-state index < -0.39 is 0 Å². The summed E-state index contributed by atoms with van der Waals surface area (Å²) in [4.78, 5) is 12.3. The number of ether oxygens (including phenoxy) is 3. The summed E-state index contributed by atoms with van der Waals surface area (Å²) in [5.74, 6) is 1.17. The zero-order chi connectivity index (χ0) is 16.8. The molecular weight excluding hydrogens is 296 g/mol. The Labute approximate surface area is 134 Å². The number of methoxy groups -OCH3 is 3.